The van der Waals surface area contributed by atoms with Crippen LogP contribution in [0.1, 0.15) is 25.7 Å². The van der Waals surface area contributed by atoms with E-state index >= 15 is 0 Å². The molecule has 0 aliphatic carbocycles. The molecule has 1 heterocycles. The zero-order valence-corrected chi connectivity index (χ0v) is 11.8. The number of ether oxygens (including phenoxy) is 1. The Bertz CT molecular complexity index is 540. The molecule has 0 saturated heterocycles. The molecule has 0 N–H and O–H groups in total. The number of hydrogen-bond acceptors (Lipinski definition) is 2. The fraction of sp³-hybridized carbons (Fsp3) is 0.308. The molecule has 96 valence electrons. The summed E-state index contributed by atoms with van der Waals surface area (Å²) in [7, 11) is 0. The first kappa shape index (κ1) is 13.1. The Morgan fingerprint density at radius 1 is 1.39 bits per heavy atom. The smallest absolute Gasteiger partial charge is 0.165 e. The Morgan fingerprint density at radius 2 is 2.11 bits per heavy atom. The molecule has 0 aliphatic heterocycles. The van der Waals surface area contributed by atoms with Gasteiger partial charge in [-0.2, -0.15) is 0 Å². The van der Waals surface area contributed by atoms with Crippen molar-refractivity contribution >= 4 is 15.9 Å². The second-order valence-corrected chi connectivity index (χ2v) is 5.01. The number of para-hydroxylation sites is 1. The molecule has 0 atom stereocenters. The number of rotatable bonds is 4. The molecular formula is C13H14BrFN2O. The number of hydrogen-bond donors (Lipinski definition) is 0. The molecule has 5 heteroatoms. The van der Waals surface area contributed by atoms with E-state index in [1.165, 1.54) is 6.07 Å². The van der Waals surface area contributed by atoms with Crippen LogP contribution in [0.25, 0.3) is 0 Å². The highest BCUT2D eigenvalue weighted by Gasteiger charge is 2.10. The average molecular weight is 313 g/mol. The van der Waals surface area contributed by atoms with E-state index in [1.54, 1.807) is 18.2 Å². The lowest BCUT2D eigenvalue weighted by Crippen LogP contribution is -2.08. The van der Waals surface area contributed by atoms with Crippen molar-refractivity contribution in [2.45, 2.75) is 26.5 Å². The highest BCUT2D eigenvalue weighted by molar-refractivity contribution is 9.10. The minimum Gasteiger partial charge on any atom is -0.483 e. The van der Waals surface area contributed by atoms with Crippen LogP contribution >= 0.6 is 15.9 Å². The molecule has 0 amide bonds. The van der Waals surface area contributed by atoms with Crippen molar-refractivity contribution in [3.63, 3.8) is 0 Å². The van der Waals surface area contributed by atoms with Crippen LogP contribution in [0.2, 0.25) is 0 Å². The van der Waals surface area contributed by atoms with Gasteiger partial charge in [-0.05, 0) is 41.9 Å². The molecule has 0 bridgehead atoms. The summed E-state index contributed by atoms with van der Waals surface area (Å²) in [6.45, 7) is 4.35. The third-order valence-electron chi connectivity index (χ3n) is 2.53. The zero-order valence-electron chi connectivity index (χ0n) is 10.2. The molecule has 2 rings (SSSR count). The maximum Gasteiger partial charge on any atom is 0.165 e. The molecule has 0 unspecified atom stereocenters. The Labute approximate surface area is 114 Å². The van der Waals surface area contributed by atoms with Crippen LogP contribution < -0.4 is 4.74 Å². The predicted molar refractivity (Wildman–Crippen MR) is 71.0 cm³/mol. The highest BCUT2D eigenvalue weighted by Crippen LogP contribution is 2.19. The van der Waals surface area contributed by atoms with E-state index in [4.69, 9.17) is 4.74 Å². The number of aromatic nitrogens is 2. The first-order chi connectivity index (χ1) is 8.58. The van der Waals surface area contributed by atoms with E-state index < -0.39 is 0 Å². The molecule has 18 heavy (non-hydrogen) atoms. The predicted octanol–water partition coefficient (Wildman–Crippen LogP) is 3.94. The van der Waals surface area contributed by atoms with E-state index in [0.717, 1.165) is 10.4 Å². The van der Waals surface area contributed by atoms with Crippen molar-refractivity contribution < 1.29 is 9.13 Å². The number of halogens is 2. The normalized spacial score (nSPS) is 10.9. The lowest BCUT2D eigenvalue weighted by atomic mass is 10.3. The summed E-state index contributed by atoms with van der Waals surface area (Å²) in [5, 5.41) is 0. The third-order valence-corrected chi connectivity index (χ3v) is 2.91. The Morgan fingerprint density at radius 3 is 2.78 bits per heavy atom. The molecule has 0 radical (unpaired) electrons. The van der Waals surface area contributed by atoms with E-state index in [0.29, 0.717) is 0 Å². The van der Waals surface area contributed by atoms with Gasteiger partial charge in [0.25, 0.3) is 0 Å². The Hall–Kier alpha value is -1.36. The largest absolute Gasteiger partial charge is 0.483 e. The van der Waals surface area contributed by atoms with E-state index in [1.807, 2.05) is 10.8 Å². The summed E-state index contributed by atoms with van der Waals surface area (Å²) in [6, 6.07) is 6.63. The van der Waals surface area contributed by atoms with Gasteiger partial charge in [0, 0.05) is 12.2 Å². The molecular weight excluding hydrogens is 299 g/mol. The monoisotopic (exact) mass is 312 g/mol. The lowest BCUT2D eigenvalue weighted by molar-refractivity contribution is 0.273. The standard InChI is InChI=1S/C13H14BrFN2O/c1-9(2)17-7-12(14)16-13(17)8-18-11-6-4-3-5-10(11)15/h3-7,9H,8H2,1-2H3. The number of imidazole rings is 1. The van der Waals surface area contributed by atoms with E-state index in [-0.39, 0.29) is 24.2 Å². The van der Waals surface area contributed by atoms with Crippen LogP contribution in [0.4, 0.5) is 4.39 Å². The summed E-state index contributed by atoms with van der Waals surface area (Å²) >= 11 is 3.33. The zero-order chi connectivity index (χ0) is 13.1. The summed E-state index contributed by atoms with van der Waals surface area (Å²) in [4.78, 5) is 4.31. The van der Waals surface area contributed by atoms with Gasteiger partial charge in [0.05, 0.1) is 0 Å². The maximum absolute atomic E-state index is 13.4. The number of nitrogens with zero attached hydrogens (tertiary/aromatic N) is 2. The minimum absolute atomic E-state index is 0.241. The van der Waals surface area contributed by atoms with Crippen molar-refractivity contribution in [2.75, 3.05) is 0 Å². The second kappa shape index (κ2) is 5.52. The van der Waals surface area contributed by atoms with Crippen molar-refractivity contribution in [1.82, 2.24) is 9.55 Å². The van der Waals surface area contributed by atoms with Gasteiger partial charge in [0.15, 0.2) is 11.6 Å². The van der Waals surface area contributed by atoms with Gasteiger partial charge in [-0.1, -0.05) is 12.1 Å². The van der Waals surface area contributed by atoms with Crippen LogP contribution in [-0.2, 0) is 6.61 Å². The van der Waals surface area contributed by atoms with Gasteiger partial charge >= 0.3 is 0 Å². The van der Waals surface area contributed by atoms with Crippen molar-refractivity contribution in [2.24, 2.45) is 0 Å². The van der Waals surface area contributed by atoms with Crippen LogP contribution in [0, 0.1) is 5.82 Å². The Balaban J connectivity index is 2.13. The quantitative estimate of drug-likeness (QED) is 0.855. The van der Waals surface area contributed by atoms with E-state index in [2.05, 4.69) is 34.8 Å². The fourth-order valence-corrected chi connectivity index (χ4v) is 2.08. The van der Waals surface area contributed by atoms with Crippen LogP contribution in [-0.4, -0.2) is 9.55 Å². The van der Waals surface area contributed by atoms with Gasteiger partial charge < -0.3 is 9.30 Å². The second-order valence-electron chi connectivity index (χ2n) is 4.20. The van der Waals surface area contributed by atoms with Gasteiger partial charge in [-0.25, -0.2) is 9.37 Å². The molecule has 0 spiro atoms. The molecule has 2 aromatic rings. The average Bonchev–Trinajstić information content (AvgIpc) is 2.70. The third kappa shape index (κ3) is 2.90. The molecule has 0 aliphatic rings. The molecule has 1 aromatic heterocycles. The molecule has 0 fully saturated rings. The summed E-state index contributed by atoms with van der Waals surface area (Å²) in [6.07, 6.45) is 1.89. The van der Waals surface area contributed by atoms with Gasteiger partial charge in [-0.15, -0.1) is 0 Å². The Kier molecular flexibility index (Phi) is 4.01. The first-order valence-corrected chi connectivity index (χ1v) is 6.48. The summed E-state index contributed by atoms with van der Waals surface area (Å²) < 4.78 is 21.6. The van der Waals surface area contributed by atoms with Gasteiger partial charge in [0.2, 0.25) is 0 Å². The van der Waals surface area contributed by atoms with E-state index in [9.17, 15) is 4.39 Å². The van der Waals surface area contributed by atoms with Crippen LogP contribution in [0.3, 0.4) is 0 Å². The SMILES string of the molecule is CC(C)n1cc(Br)nc1COc1ccccc1F. The summed E-state index contributed by atoms with van der Waals surface area (Å²) in [5.41, 5.74) is 0. The number of benzene rings is 1. The van der Waals surface area contributed by atoms with Crippen molar-refractivity contribution in [3.8, 4) is 5.75 Å². The van der Waals surface area contributed by atoms with Crippen LogP contribution in [0.15, 0.2) is 35.1 Å². The van der Waals surface area contributed by atoms with Crippen molar-refractivity contribution in [3.05, 3.63) is 46.7 Å². The van der Waals surface area contributed by atoms with Gasteiger partial charge in [0.1, 0.15) is 17.0 Å². The fourth-order valence-electron chi connectivity index (χ4n) is 1.66. The molecule has 0 saturated carbocycles. The summed E-state index contributed by atoms with van der Waals surface area (Å²) in [5.74, 6) is 0.645. The maximum atomic E-state index is 13.4. The molecule has 3 nitrogen and oxygen atoms in total. The topological polar surface area (TPSA) is 27.1 Å². The molecule has 1 aromatic carbocycles. The minimum atomic E-state index is -0.362. The lowest BCUT2D eigenvalue weighted by Gasteiger charge is -2.12. The van der Waals surface area contributed by atoms with Gasteiger partial charge in [-0.3, -0.25) is 0 Å². The van der Waals surface area contributed by atoms with Crippen molar-refractivity contribution in [1.29, 1.82) is 0 Å². The highest BCUT2D eigenvalue weighted by atomic mass is 79.9. The van der Waals surface area contributed by atoms with Crippen LogP contribution in [0.5, 0.6) is 5.75 Å². The first-order valence-electron chi connectivity index (χ1n) is 5.68.